The highest BCUT2D eigenvalue weighted by molar-refractivity contribution is 8.00. The zero-order chi connectivity index (χ0) is 16.7. The van der Waals surface area contributed by atoms with E-state index < -0.39 is 10.3 Å². The van der Waals surface area contributed by atoms with Crippen LogP contribution in [0.25, 0.3) is 11.0 Å². The van der Waals surface area contributed by atoms with E-state index in [9.17, 15) is 14.9 Å². The summed E-state index contributed by atoms with van der Waals surface area (Å²) in [7, 11) is 0. The summed E-state index contributed by atoms with van der Waals surface area (Å²) in [6.07, 6.45) is 0. The fourth-order valence-electron chi connectivity index (χ4n) is 2.39. The summed E-state index contributed by atoms with van der Waals surface area (Å²) < 4.78 is 1.54. The SMILES string of the molecule is O=C1[C@@H](N=Nc2ccc([N+](=O)[O-])cc2)Sc2nc3ccccc3n21. The number of hydrogen-bond donors (Lipinski definition) is 0. The van der Waals surface area contributed by atoms with Gasteiger partial charge in [-0.25, -0.2) is 4.98 Å². The van der Waals surface area contributed by atoms with Crippen LogP contribution in [0.15, 0.2) is 63.9 Å². The molecule has 0 saturated carbocycles. The molecule has 0 unspecified atom stereocenters. The van der Waals surface area contributed by atoms with Gasteiger partial charge in [-0.3, -0.25) is 19.5 Å². The van der Waals surface area contributed by atoms with E-state index in [1.807, 2.05) is 24.3 Å². The molecule has 0 fully saturated rings. The number of nitrogens with zero attached hydrogens (tertiary/aromatic N) is 5. The Balaban J connectivity index is 1.58. The van der Waals surface area contributed by atoms with Crippen molar-refractivity contribution in [3.8, 4) is 0 Å². The van der Waals surface area contributed by atoms with Gasteiger partial charge in [0.1, 0.15) is 0 Å². The molecule has 3 aromatic rings. The molecule has 0 saturated heterocycles. The molecule has 2 aromatic carbocycles. The number of non-ortho nitro benzene ring substituents is 1. The van der Waals surface area contributed by atoms with Crippen molar-refractivity contribution in [2.24, 2.45) is 10.2 Å². The van der Waals surface area contributed by atoms with Gasteiger partial charge in [-0.05, 0) is 36.0 Å². The van der Waals surface area contributed by atoms with Gasteiger partial charge in [0, 0.05) is 12.1 Å². The van der Waals surface area contributed by atoms with E-state index in [2.05, 4.69) is 15.2 Å². The number of nitro benzene ring substituents is 1. The molecule has 1 aromatic heterocycles. The first-order valence-corrected chi connectivity index (χ1v) is 7.85. The van der Waals surface area contributed by atoms with E-state index in [0.717, 1.165) is 11.0 Å². The second-order valence-corrected chi connectivity index (χ2v) is 6.06. The first-order chi connectivity index (χ1) is 11.6. The molecule has 4 rings (SSSR count). The average Bonchev–Trinajstić information content (AvgIpc) is 3.10. The molecule has 0 N–H and O–H groups in total. The van der Waals surface area contributed by atoms with Crippen molar-refractivity contribution in [3.05, 3.63) is 58.6 Å². The van der Waals surface area contributed by atoms with E-state index in [0.29, 0.717) is 10.8 Å². The van der Waals surface area contributed by atoms with Gasteiger partial charge < -0.3 is 0 Å². The third kappa shape index (κ3) is 2.35. The molecule has 0 amide bonds. The minimum absolute atomic E-state index is 0.0214. The number of aromatic nitrogens is 2. The highest BCUT2D eigenvalue weighted by atomic mass is 32.2. The van der Waals surface area contributed by atoms with Crippen molar-refractivity contribution in [1.82, 2.24) is 9.55 Å². The number of hydrogen-bond acceptors (Lipinski definition) is 7. The van der Waals surface area contributed by atoms with E-state index in [4.69, 9.17) is 0 Å². The number of azo groups is 1. The molecule has 1 aliphatic rings. The van der Waals surface area contributed by atoms with Crippen molar-refractivity contribution in [2.45, 2.75) is 10.5 Å². The monoisotopic (exact) mass is 339 g/mol. The summed E-state index contributed by atoms with van der Waals surface area (Å²) in [4.78, 5) is 27.0. The zero-order valence-corrected chi connectivity index (χ0v) is 12.9. The largest absolute Gasteiger partial charge is 0.270 e. The third-order valence-electron chi connectivity index (χ3n) is 3.52. The van der Waals surface area contributed by atoms with Crippen molar-refractivity contribution in [2.75, 3.05) is 0 Å². The fraction of sp³-hybridized carbons (Fsp3) is 0.0667. The summed E-state index contributed by atoms with van der Waals surface area (Å²) in [6.45, 7) is 0. The fourth-order valence-corrected chi connectivity index (χ4v) is 3.33. The molecule has 0 radical (unpaired) electrons. The van der Waals surface area contributed by atoms with E-state index in [-0.39, 0.29) is 11.6 Å². The quantitative estimate of drug-likeness (QED) is 0.410. The van der Waals surface area contributed by atoms with Crippen LogP contribution < -0.4 is 0 Å². The first kappa shape index (κ1) is 14.5. The van der Waals surface area contributed by atoms with Crippen LogP contribution in [0.1, 0.15) is 4.79 Å². The summed E-state index contributed by atoms with van der Waals surface area (Å²) in [6, 6.07) is 13.1. The van der Waals surface area contributed by atoms with Crippen molar-refractivity contribution in [1.29, 1.82) is 0 Å². The number of carbonyl (C=O) groups excluding carboxylic acids is 1. The number of benzene rings is 2. The van der Waals surface area contributed by atoms with Gasteiger partial charge in [-0.1, -0.05) is 12.1 Å². The van der Waals surface area contributed by atoms with Crippen LogP contribution in [-0.4, -0.2) is 25.8 Å². The Kier molecular flexibility index (Phi) is 3.35. The lowest BCUT2D eigenvalue weighted by Crippen LogP contribution is -2.14. The van der Waals surface area contributed by atoms with Crippen LogP contribution in [0, 0.1) is 10.1 Å². The molecular formula is C15H9N5O3S. The van der Waals surface area contributed by atoms with Crippen molar-refractivity contribution >= 4 is 40.1 Å². The number of fused-ring (bicyclic) bond motifs is 3. The van der Waals surface area contributed by atoms with Crippen LogP contribution in [-0.2, 0) is 0 Å². The van der Waals surface area contributed by atoms with Crippen LogP contribution in [0.5, 0.6) is 0 Å². The summed E-state index contributed by atoms with van der Waals surface area (Å²) in [5.41, 5.74) is 1.94. The number of imidazole rings is 1. The molecule has 0 aliphatic carbocycles. The Morgan fingerprint density at radius 3 is 2.67 bits per heavy atom. The molecule has 0 spiro atoms. The lowest BCUT2D eigenvalue weighted by molar-refractivity contribution is -0.384. The first-order valence-electron chi connectivity index (χ1n) is 6.97. The maximum atomic E-state index is 12.5. The Morgan fingerprint density at radius 2 is 1.92 bits per heavy atom. The number of para-hydroxylation sites is 2. The zero-order valence-electron chi connectivity index (χ0n) is 12.1. The standard InChI is InChI=1S/C15H9N5O3S/c21-14-13(18-17-9-5-7-10(8-6-9)20(22)23)24-15-16-11-3-1-2-4-12(11)19(14)15/h1-8,13H/t13-/m0/s1. The van der Waals surface area contributed by atoms with Gasteiger partial charge in [0.15, 0.2) is 5.16 Å². The predicted molar refractivity (Wildman–Crippen MR) is 87.6 cm³/mol. The van der Waals surface area contributed by atoms with Gasteiger partial charge >= 0.3 is 0 Å². The minimum atomic E-state index is -0.702. The Morgan fingerprint density at radius 1 is 1.17 bits per heavy atom. The summed E-state index contributed by atoms with van der Waals surface area (Å²) in [5.74, 6) is -0.200. The topological polar surface area (TPSA) is 103 Å². The highest BCUT2D eigenvalue weighted by Gasteiger charge is 2.34. The maximum absolute atomic E-state index is 12.5. The van der Waals surface area contributed by atoms with E-state index >= 15 is 0 Å². The van der Waals surface area contributed by atoms with Gasteiger partial charge in [0.05, 0.1) is 21.6 Å². The number of carbonyl (C=O) groups is 1. The second-order valence-electron chi connectivity index (χ2n) is 5.02. The maximum Gasteiger partial charge on any atom is 0.270 e. The smallest absolute Gasteiger partial charge is 0.270 e. The van der Waals surface area contributed by atoms with Crippen molar-refractivity contribution in [3.63, 3.8) is 0 Å². The lowest BCUT2D eigenvalue weighted by Gasteiger charge is -2.00. The Bertz CT molecular complexity index is 996. The molecule has 8 nitrogen and oxygen atoms in total. The molecule has 2 heterocycles. The van der Waals surface area contributed by atoms with Gasteiger partial charge in [0.25, 0.3) is 11.6 Å². The van der Waals surface area contributed by atoms with E-state index in [1.165, 1.54) is 36.0 Å². The predicted octanol–water partition coefficient (Wildman–Crippen LogP) is 3.80. The molecule has 9 heteroatoms. The third-order valence-corrected chi connectivity index (χ3v) is 4.52. The van der Waals surface area contributed by atoms with Crippen LogP contribution in [0.3, 0.4) is 0 Å². The van der Waals surface area contributed by atoms with Gasteiger partial charge in [-0.15, -0.1) is 0 Å². The second kappa shape index (κ2) is 5.53. The average molecular weight is 339 g/mol. The number of nitro groups is 1. The molecule has 118 valence electrons. The Hall–Kier alpha value is -3.07. The normalized spacial score (nSPS) is 16.8. The number of rotatable bonds is 3. The minimum Gasteiger partial charge on any atom is -0.270 e. The summed E-state index contributed by atoms with van der Waals surface area (Å²) >= 11 is 1.23. The molecule has 1 aliphatic heterocycles. The molecular weight excluding hydrogens is 330 g/mol. The van der Waals surface area contributed by atoms with Crippen molar-refractivity contribution < 1.29 is 9.72 Å². The molecule has 1 atom stereocenters. The number of thioether (sulfide) groups is 1. The Labute approximate surface area is 139 Å². The van der Waals surface area contributed by atoms with Crippen LogP contribution in [0.4, 0.5) is 11.4 Å². The molecule has 24 heavy (non-hydrogen) atoms. The molecule has 0 bridgehead atoms. The van der Waals surface area contributed by atoms with Gasteiger partial charge in [0.2, 0.25) is 5.37 Å². The van der Waals surface area contributed by atoms with Crippen LogP contribution in [0.2, 0.25) is 0 Å². The van der Waals surface area contributed by atoms with Crippen LogP contribution >= 0.6 is 11.8 Å². The summed E-state index contributed by atoms with van der Waals surface area (Å²) in [5, 5.41) is 18.6. The van der Waals surface area contributed by atoms with E-state index in [1.54, 1.807) is 4.57 Å². The lowest BCUT2D eigenvalue weighted by atomic mass is 10.3. The highest BCUT2D eigenvalue weighted by Crippen LogP contribution is 2.36. The van der Waals surface area contributed by atoms with Gasteiger partial charge in [-0.2, -0.15) is 10.2 Å².